The fourth-order valence-electron chi connectivity index (χ4n) is 1.63. The van der Waals surface area contributed by atoms with Crippen molar-refractivity contribution in [2.24, 2.45) is 5.73 Å². The highest BCUT2D eigenvalue weighted by molar-refractivity contribution is 7.98. The van der Waals surface area contributed by atoms with Gasteiger partial charge in [0.2, 0.25) is 5.91 Å². The van der Waals surface area contributed by atoms with E-state index in [1.54, 1.807) is 37.1 Å². The molecule has 5 nitrogen and oxygen atoms in total. The van der Waals surface area contributed by atoms with Crippen molar-refractivity contribution in [3.8, 4) is 11.5 Å². The van der Waals surface area contributed by atoms with E-state index in [0.717, 1.165) is 5.75 Å². The van der Waals surface area contributed by atoms with Crippen LogP contribution < -0.4 is 20.5 Å². The highest BCUT2D eigenvalue weighted by Gasteiger charge is 2.14. The van der Waals surface area contributed by atoms with Gasteiger partial charge in [-0.15, -0.1) is 0 Å². The number of rotatable bonds is 8. The summed E-state index contributed by atoms with van der Waals surface area (Å²) in [4.78, 5) is 11.9. The Morgan fingerprint density at radius 1 is 1.45 bits per heavy atom. The third-order valence-electron chi connectivity index (χ3n) is 2.70. The van der Waals surface area contributed by atoms with Gasteiger partial charge in [-0.2, -0.15) is 11.8 Å². The molecule has 1 aromatic rings. The number of hydrogen-bond donors (Lipinski definition) is 2. The zero-order chi connectivity index (χ0) is 15.0. The molecule has 0 saturated heterocycles. The predicted octanol–water partition coefficient (Wildman–Crippen LogP) is 2.11. The van der Waals surface area contributed by atoms with Crippen LogP contribution in [0.3, 0.4) is 0 Å². The van der Waals surface area contributed by atoms with Crippen molar-refractivity contribution in [3.05, 3.63) is 18.2 Å². The summed E-state index contributed by atoms with van der Waals surface area (Å²) in [6.07, 6.45) is 2.64. The van der Waals surface area contributed by atoms with Crippen LogP contribution in [0.5, 0.6) is 11.5 Å². The van der Waals surface area contributed by atoms with Gasteiger partial charge in [-0.3, -0.25) is 4.79 Å². The quantitative estimate of drug-likeness (QED) is 0.769. The van der Waals surface area contributed by atoms with E-state index in [2.05, 4.69) is 5.32 Å². The summed E-state index contributed by atoms with van der Waals surface area (Å²) in [5.74, 6) is 1.91. The van der Waals surface area contributed by atoms with Gasteiger partial charge in [-0.25, -0.2) is 0 Å². The van der Waals surface area contributed by atoms with E-state index in [1.165, 1.54) is 0 Å². The third kappa shape index (κ3) is 4.94. The molecule has 6 heteroatoms. The molecular weight excluding hydrogens is 276 g/mol. The van der Waals surface area contributed by atoms with E-state index in [-0.39, 0.29) is 5.91 Å². The van der Waals surface area contributed by atoms with Crippen molar-refractivity contribution in [3.63, 3.8) is 0 Å². The molecule has 0 heterocycles. The molecule has 0 aliphatic rings. The maximum absolute atomic E-state index is 11.9. The highest BCUT2D eigenvalue weighted by Crippen LogP contribution is 2.30. The Hall–Kier alpha value is -1.40. The molecule has 0 aromatic heterocycles. The summed E-state index contributed by atoms with van der Waals surface area (Å²) < 4.78 is 10.7. The number of carbonyl (C=O) groups excluding carboxylic acids is 1. The van der Waals surface area contributed by atoms with E-state index in [0.29, 0.717) is 30.2 Å². The number of ether oxygens (including phenoxy) is 2. The standard InChI is InChI=1S/C14H22N2O3S/c1-4-19-12-6-5-10(9-13(12)18-2)16-14(17)11(15)7-8-20-3/h5-6,9,11H,4,7-8,15H2,1-3H3,(H,16,17)/t11-/m0/s1. The van der Waals surface area contributed by atoms with E-state index in [1.807, 2.05) is 13.2 Å². The van der Waals surface area contributed by atoms with Crippen LogP contribution >= 0.6 is 11.8 Å². The van der Waals surface area contributed by atoms with Gasteiger partial charge in [0.1, 0.15) is 0 Å². The second-order valence-electron chi connectivity index (χ2n) is 4.18. The van der Waals surface area contributed by atoms with Crippen molar-refractivity contribution in [2.75, 3.05) is 31.0 Å². The zero-order valence-corrected chi connectivity index (χ0v) is 13.0. The molecule has 1 rings (SSSR count). The Morgan fingerprint density at radius 2 is 2.20 bits per heavy atom. The second-order valence-corrected chi connectivity index (χ2v) is 5.16. The lowest BCUT2D eigenvalue weighted by Gasteiger charge is -2.14. The Morgan fingerprint density at radius 3 is 2.80 bits per heavy atom. The van der Waals surface area contributed by atoms with Crippen LogP contribution in [0.15, 0.2) is 18.2 Å². The molecule has 0 spiro atoms. The number of benzene rings is 1. The van der Waals surface area contributed by atoms with Crippen LogP contribution in [0.2, 0.25) is 0 Å². The van der Waals surface area contributed by atoms with Crippen LogP contribution in [0.4, 0.5) is 5.69 Å². The van der Waals surface area contributed by atoms with Crippen LogP contribution in [0.25, 0.3) is 0 Å². The van der Waals surface area contributed by atoms with Crippen molar-refractivity contribution >= 4 is 23.4 Å². The Bertz CT molecular complexity index is 440. The lowest BCUT2D eigenvalue weighted by atomic mass is 10.2. The number of amides is 1. The molecule has 0 radical (unpaired) electrons. The summed E-state index contributed by atoms with van der Waals surface area (Å²) in [7, 11) is 1.56. The number of anilines is 1. The van der Waals surface area contributed by atoms with Gasteiger partial charge in [0, 0.05) is 11.8 Å². The fraction of sp³-hybridized carbons (Fsp3) is 0.500. The van der Waals surface area contributed by atoms with Crippen LogP contribution in [0.1, 0.15) is 13.3 Å². The number of carbonyl (C=O) groups is 1. The van der Waals surface area contributed by atoms with Crippen molar-refractivity contribution < 1.29 is 14.3 Å². The predicted molar refractivity (Wildman–Crippen MR) is 83.8 cm³/mol. The van der Waals surface area contributed by atoms with Gasteiger partial charge in [0.05, 0.1) is 19.8 Å². The van der Waals surface area contributed by atoms with Crippen LogP contribution in [-0.2, 0) is 4.79 Å². The van der Waals surface area contributed by atoms with Crippen molar-refractivity contribution in [1.82, 2.24) is 0 Å². The second kappa shape index (κ2) is 8.71. The number of nitrogens with one attached hydrogen (secondary N) is 1. The SMILES string of the molecule is CCOc1ccc(NC(=O)[C@@H](N)CCSC)cc1OC. The minimum absolute atomic E-state index is 0.190. The van der Waals surface area contributed by atoms with Gasteiger partial charge in [0.25, 0.3) is 0 Å². The maximum Gasteiger partial charge on any atom is 0.241 e. The molecule has 3 N–H and O–H groups in total. The van der Waals surface area contributed by atoms with Gasteiger partial charge in [-0.05, 0) is 37.5 Å². The van der Waals surface area contributed by atoms with E-state index < -0.39 is 6.04 Å². The molecule has 0 saturated carbocycles. The Balaban J connectivity index is 2.70. The molecule has 1 atom stereocenters. The first kappa shape index (κ1) is 16.7. The summed E-state index contributed by atoms with van der Waals surface area (Å²) in [5.41, 5.74) is 6.47. The number of methoxy groups -OCH3 is 1. The first-order valence-electron chi connectivity index (χ1n) is 6.48. The minimum atomic E-state index is -0.500. The number of hydrogen-bond acceptors (Lipinski definition) is 5. The fourth-order valence-corrected chi connectivity index (χ4v) is 2.12. The summed E-state index contributed by atoms with van der Waals surface area (Å²) in [6.45, 7) is 2.46. The lowest BCUT2D eigenvalue weighted by molar-refractivity contribution is -0.117. The molecular formula is C14H22N2O3S. The summed E-state index contributed by atoms with van der Waals surface area (Å²) >= 11 is 1.67. The first-order chi connectivity index (χ1) is 9.62. The van der Waals surface area contributed by atoms with E-state index in [4.69, 9.17) is 15.2 Å². The molecule has 0 bridgehead atoms. The average molecular weight is 298 g/mol. The van der Waals surface area contributed by atoms with Gasteiger partial charge < -0.3 is 20.5 Å². The van der Waals surface area contributed by atoms with Crippen molar-refractivity contribution in [1.29, 1.82) is 0 Å². The number of thioether (sulfide) groups is 1. The number of nitrogens with two attached hydrogens (primary N) is 1. The Kier molecular flexibility index (Phi) is 7.25. The first-order valence-corrected chi connectivity index (χ1v) is 7.88. The molecule has 112 valence electrons. The molecule has 1 aromatic carbocycles. The van der Waals surface area contributed by atoms with Crippen molar-refractivity contribution in [2.45, 2.75) is 19.4 Å². The molecule has 20 heavy (non-hydrogen) atoms. The average Bonchev–Trinajstić information content (AvgIpc) is 2.46. The smallest absolute Gasteiger partial charge is 0.241 e. The third-order valence-corrected chi connectivity index (χ3v) is 3.34. The maximum atomic E-state index is 11.9. The van der Waals surface area contributed by atoms with Gasteiger partial charge in [0.15, 0.2) is 11.5 Å². The molecule has 0 aliphatic heterocycles. The van der Waals surface area contributed by atoms with Crippen LogP contribution in [0, 0.1) is 0 Å². The summed E-state index contributed by atoms with van der Waals surface area (Å²) in [5, 5.41) is 2.79. The molecule has 0 unspecified atom stereocenters. The minimum Gasteiger partial charge on any atom is -0.493 e. The normalized spacial score (nSPS) is 11.8. The van der Waals surface area contributed by atoms with Crippen LogP contribution in [-0.4, -0.2) is 37.7 Å². The monoisotopic (exact) mass is 298 g/mol. The Labute approximate surface area is 124 Å². The molecule has 0 aliphatic carbocycles. The molecule has 1 amide bonds. The van der Waals surface area contributed by atoms with E-state index >= 15 is 0 Å². The summed E-state index contributed by atoms with van der Waals surface area (Å²) in [6, 6.07) is 4.77. The lowest BCUT2D eigenvalue weighted by Crippen LogP contribution is -2.36. The van der Waals surface area contributed by atoms with E-state index in [9.17, 15) is 4.79 Å². The highest BCUT2D eigenvalue weighted by atomic mass is 32.2. The van der Waals surface area contributed by atoms with Gasteiger partial charge >= 0.3 is 0 Å². The largest absolute Gasteiger partial charge is 0.493 e. The zero-order valence-electron chi connectivity index (χ0n) is 12.1. The topological polar surface area (TPSA) is 73.6 Å². The molecule has 0 fully saturated rings. The van der Waals surface area contributed by atoms with Gasteiger partial charge in [-0.1, -0.05) is 0 Å².